The fraction of sp³-hybridized carbons (Fsp3) is 0.318. The zero-order valence-electron chi connectivity index (χ0n) is 16.7. The highest BCUT2D eigenvalue weighted by Gasteiger charge is 2.21. The van der Waals surface area contributed by atoms with E-state index in [0.29, 0.717) is 23.0 Å². The summed E-state index contributed by atoms with van der Waals surface area (Å²) in [6.07, 6.45) is 5.66. The molecule has 8 heteroatoms. The van der Waals surface area contributed by atoms with Crippen LogP contribution in [0.3, 0.4) is 0 Å². The molecule has 30 heavy (non-hydrogen) atoms. The smallest absolute Gasteiger partial charge is 0.299 e. The lowest BCUT2D eigenvalue weighted by atomic mass is 10.2. The number of anilines is 1. The highest BCUT2D eigenvalue weighted by atomic mass is 16.5. The van der Waals surface area contributed by atoms with Crippen LogP contribution in [0.2, 0.25) is 0 Å². The van der Waals surface area contributed by atoms with Gasteiger partial charge in [-0.3, -0.25) is 9.36 Å². The van der Waals surface area contributed by atoms with Crippen LogP contribution in [0, 0.1) is 11.3 Å². The molecule has 0 amide bonds. The van der Waals surface area contributed by atoms with Crippen LogP contribution in [0.5, 0.6) is 6.01 Å². The predicted molar refractivity (Wildman–Crippen MR) is 112 cm³/mol. The van der Waals surface area contributed by atoms with Gasteiger partial charge < -0.3 is 9.64 Å². The van der Waals surface area contributed by atoms with Gasteiger partial charge in [0, 0.05) is 44.5 Å². The fourth-order valence-corrected chi connectivity index (χ4v) is 3.53. The van der Waals surface area contributed by atoms with E-state index in [1.54, 1.807) is 19.3 Å². The summed E-state index contributed by atoms with van der Waals surface area (Å²) in [6, 6.07) is 13.3. The lowest BCUT2D eigenvalue weighted by Crippen LogP contribution is -2.27. The molecule has 8 nitrogen and oxygen atoms in total. The summed E-state index contributed by atoms with van der Waals surface area (Å²) in [5, 5.41) is 8.98. The van der Waals surface area contributed by atoms with Crippen molar-refractivity contribution in [1.29, 1.82) is 5.26 Å². The Morgan fingerprint density at radius 3 is 2.70 bits per heavy atom. The normalized spacial score (nSPS) is 16.5. The van der Waals surface area contributed by atoms with Gasteiger partial charge in [0.2, 0.25) is 0 Å². The summed E-state index contributed by atoms with van der Waals surface area (Å²) in [6.45, 7) is 1.75. The van der Waals surface area contributed by atoms with Crippen molar-refractivity contribution < 1.29 is 4.74 Å². The molecule has 0 spiro atoms. The number of hydrogen-bond acceptors (Lipinski definition) is 7. The molecule has 1 unspecified atom stereocenters. The zero-order chi connectivity index (χ0) is 20.9. The molecular weight excluding hydrogens is 380 g/mol. The molecule has 152 valence electrons. The molecule has 1 saturated heterocycles. The molecule has 2 aromatic heterocycles. The molecule has 1 aliphatic heterocycles. The van der Waals surface area contributed by atoms with E-state index in [0.717, 1.165) is 38.0 Å². The monoisotopic (exact) mass is 402 g/mol. The van der Waals surface area contributed by atoms with E-state index in [9.17, 15) is 4.79 Å². The Kier molecular flexibility index (Phi) is 5.70. The summed E-state index contributed by atoms with van der Waals surface area (Å²) < 4.78 is 7.59. The van der Waals surface area contributed by atoms with Crippen molar-refractivity contribution in [2.45, 2.75) is 25.4 Å². The van der Waals surface area contributed by atoms with Crippen molar-refractivity contribution in [3.8, 4) is 23.5 Å². The number of benzene rings is 1. The number of hydrogen-bond donors (Lipinski definition) is 0. The van der Waals surface area contributed by atoms with Gasteiger partial charge in [-0.05, 0) is 43.2 Å². The summed E-state index contributed by atoms with van der Waals surface area (Å²) >= 11 is 0. The van der Waals surface area contributed by atoms with Gasteiger partial charge in [0.1, 0.15) is 12.4 Å². The third kappa shape index (κ3) is 4.30. The number of ether oxygens (including phenoxy) is 1. The molecule has 0 N–H and O–H groups in total. The lowest BCUT2D eigenvalue weighted by molar-refractivity contribution is 0.164. The standard InChI is InChI=1S/C22H22N6O2/c1-27-21(29)13-20(19-8-10-24-15-25-19)26-22(27)30-18-3-2-11-28(12-9-18)17-6-4-16(14-23)5-7-17/h4-8,10,13,15,18H,2-3,9,11-12H2,1H3. The Bertz CT molecular complexity index is 1110. The third-order valence-corrected chi connectivity index (χ3v) is 5.25. The van der Waals surface area contributed by atoms with Crippen LogP contribution in [0.1, 0.15) is 24.8 Å². The van der Waals surface area contributed by atoms with Crippen molar-refractivity contribution in [2.75, 3.05) is 18.0 Å². The maximum Gasteiger partial charge on any atom is 0.299 e. The van der Waals surface area contributed by atoms with Crippen LogP contribution in [0.4, 0.5) is 5.69 Å². The number of aromatic nitrogens is 4. The number of nitriles is 1. The van der Waals surface area contributed by atoms with E-state index in [-0.39, 0.29) is 11.7 Å². The van der Waals surface area contributed by atoms with Gasteiger partial charge in [-0.15, -0.1) is 0 Å². The van der Waals surface area contributed by atoms with Crippen molar-refractivity contribution in [1.82, 2.24) is 19.5 Å². The van der Waals surface area contributed by atoms with E-state index in [4.69, 9.17) is 10.00 Å². The van der Waals surface area contributed by atoms with Gasteiger partial charge in [0.05, 0.1) is 23.0 Å². The maximum absolute atomic E-state index is 12.4. The van der Waals surface area contributed by atoms with E-state index in [1.807, 2.05) is 24.3 Å². The van der Waals surface area contributed by atoms with Gasteiger partial charge in [-0.2, -0.15) is 10.2 Å². The van der Waals surface area contributed by atoms with Crippen molar-refractivity contribution in [2.24, 2.45) is 7.05 Å². The third-order valence-electron chi connectivity index (χ3n) is 5.25. The second kappa shape index (κ2) is 8.74. The Labute approximate surface area is 174 Å². The average Bonchev–Trinajstić information content (AvgIpc) is 3.03. The summed E-state index contributed by atoms with van der Waals surface area (Å²) in [5.41, 5.74) is 2.63. The predicted octanol–water partition coefficient (Wildman–Crippen LogP) is 2.55. The zero-order valence-corrected chi connectivity index (χ0v) is 16.7. The van der Waals surface area contributed by atoms with E-state index in [1.165, 1.54) is 17.0 Å². The molecule has 0 bridgehead atoms. The molecule has 3 aromatic rings. The van der Waals surface area contributed by atoms with Crippen molar-refractivity contribution in [3.05, 3.63) is 64.8 Å². The maximum atomic E-state index is 12.4. The molecular formula is C22H22N6O2. The number of rotatable bonds is 4. The molecule has 3 heterocycles. The van der Waals surface area contributed by atoms with E-state index >= 15 is 0 Å². The van der Waals surface area contributed by atoms with Gasteiger partial charge in [0.15, 0.2) is 0 Å². The SMILES string of the molecule is Cn1c(OC2CCCN(c3ccc(C#N)cc3)CC2)nc(-c2ccncn2)cc1=O. The Morgan fingerprint density at radius 1 is 1.13 bits per heavy atom. The second-order valence-electron chi connectivity index (χ2n) is 7.23. The topological polar surface area (TPSA) is 96.9 Å². The first-order valence-corrected chi connectivity index (χ1v) is 9.90. The highest BCUT2D eigenvalue weighted by Crippen LogP contribution is 2.23. The quantitative estimate of drug-likeness (QED) is 0.661. The van der Waals surface area contributed by atoms with Crippen molar-refractivity contribution in [3.63, 3.8) is 0 Å². The van der Waals surface area contributed by atoms with E-state index in [2.05, 4.69) is 25.9 Å². The first kappa shape index (κ1) is 19.6. The Morgan fingerprint density at radius 2 is 1.97 bits per heavy atom. The molecule has 1 aliphatic rings. The molecule has 1 aromatic carbocycles. The Hall–Kier alpha value is -3.73. The second-order valence-corrected chi connectivity index (χ2v) is 7.23. The molecule has 1 atom stereocenters. The fourth-order valence-electron chi connectivity index (χ4n) is 3.53. The van der Waals surface area contributed by atoms with Crippen LogP contribution < -0.4 is 15.2 Å². The van der Waals surface area contributed by atoms with Crippen LogP contribution in [0.25, 0.3) is 11.4 Å². The summed E-state index contributed by atoms with van der Waals surface area (Å²) in [5.74, 6) is 0. The molecule has 0 aliphatic carbocycles. The molecule has 1 fully saturated rings. The van der Waals surface area contributed by atoms with Gasteiger partial charge in [0.25, 0.3) is 11.6 Å². The van der Waals surface area contributed by atoms with E-state index < -0.39 is 0 Å². The van der Waals surface area contributed by atoms with Crippen LogP contribution in [-0.2, 0) is 7.05 Å². The average molecular weight is 402 g/mol. The summed E-state index contributed by atoms with van der Waals surface area (Å²) in [7, 11) is 1.66. The minimum Gasteiger partial charge on any atom is -0.461 e. The number of nitrogens with zero attached hydrogens (tertiary/aromatic N) is 6. The highest BCUT2D eigenvalue weighted by molar-refractivity contribution is 5.53. The van der Waals surface area contributed by atoms with Gasteiger partial charge >= 0.3 is 0 Å². The first-order valence-electron chi connectivity index (χ1n) is 9.90. The minimum atomic E-state index is -0.193. The Balaban J connectivity index is 1.49. The summed E-state index contributed by atoms with van der Waals surface area (Å²) in [4.78, 5) is 27.3. The largest absolute Gasteiger partial charge is 0.461 e. The van der Waals surface area contributed by atoms with Gasteiger partial charge in [-0.1, -0.05) is 0 Å². The minimum absolute atomic E-state index is 0.0351. The van der Waals surface area contributed by atoms with Crippen LogP contribution >= 0.6 is 0 Å². The molecule has 0 radical (unpaired) electrons. The van der Waals surface area contributed by atoms with Gasteiger partial charge in [-0.25, -0.2) is 9.97 Å². The molecule has 0 saturated carbocycles. The van der Waals surface area contributed by atoms with Crippen LogP contribution in [0.15, 0.2) is 53.7 Å². The first-order chi connectivity index (χ1) is 14.6. The lowest BCUT2D eigenvalue weighted by Gasteiger charge is -2.23. The van der Waals surface area contributed by atoms with Crippen LogP contribution in [-0.4, -0.2) is 38.7 Å². The molecule has 4 rings (SSSR count). The van der Waals surface area contributed by atoms with Crippen molar-refractivity contribution >= 4 is 5.69 Å².